The fourth-order valence-corrected chi connectivity index (χ4v) is 2.60. The van der Waals surface area contributed by atoms with Crippen molar-refractivity contribution in [3.05, 3.63) is 89.0 Å². The van der Waals surface area contributed by atoms with Gasteiger partial charge in [0.2, 0.25) is 0 Å². The van der Waals surface area contributed by atoms with Crippen LogP contribution in [0.1, 0.15) is 27.0 Å². The molecule has 4 heteroatoms. The van der Waals surface area contributed by atoms with Crippen LogP contribution in [0.15, 0.2) is 77.0 Å². The Morgan fingerprint density at radius 1 is 0.840 bits per heavy atom. The molecular weight excluding hydrogens is 312 g/mol. The van der Waals surface area contributed by atoms with Crippen LogP contribution in [-0.4, -0.2) is 10.9 Å². The molecule has 0 saturated heterocycles. The molecule has 1 N–H and O–H groups in total. The van der Waals surface area contributed by atoms with Crippen LogP contribution < -0.4 is 0 Å². The van der Waals surface area contributed by atoms with E-state index in [9.17, 15) is 9.90 Å². The maximum atomic E-state index is 12.7. The van der Waals surface area contributed by atoms with Crippen LogP contribution in [0.4, 0.5) is 11.4 Å². The van der Waals surface area contributed by atoms with E-state index in [1.807, 2.05) is 44.2 Å². The van der Waals surface area contributed by atoms with Gasteiger partial charge in [0, 0.05) is 5.56 Å². The molecule has 4 nitrogen and oxygen atoms in total. The number of aromatic hydroxyl groups is 1. The van der Waals surface area contributed by atoms with Crippen molar-refractivity contribution >= 4 is 17.2 Å². The third-order valence-electron chi connectivity index (χ3n) is 3.93. The van der Waals surface area contributed by atoms with Gasteiger partial charge in [0.05, 0.1) is 16.9 Å². The zero-order valence-electron chi connectivity index (χ0n) is 14.1. The number of azo groups is 1. The smallest absolute Gasteiger partial charge is 0.195 e. The Labute approximate surface area is 146 Å². The van der Waals surface area contributed by atoms with Crippen LogP contribution in [-0.2, 0) is 0 Å². The molecule has 124 valence electrons. The highest BCUT2D eigenvalue weighted by Crippen LogP contribution is 2.29. The van der Waals surface area contributed by atoms with E-state index in [1.54, 1.807) is 36.4 Å². The molecule has 0 saturated carbocycles. The molecule has 0 radical (unpaired) electrons. The van der Waals surface area contributed by atoms with Crippen LogP contribution in [0.3, 0.4) is 0 Å². The molecule has 0 aromatic heterocycles. The SMILES string of the molecule is Cc1cc(/N=N/c2ccccc2C(=O)c2ccccc2)cc(C)c1O. The van der Waals surface area contributed by atoms with E-state index in [2.05, 4.69) is 10.2 Å². The van der Waals surface area contributed by atoms with Crippen molar-refractivity contribution in [3.8, 4) is 5.75 Å². The molecule has 0 fully saturated rings. The first-order valence-corrected chi connectivity index (χ1v) is 7.97. The molecule has 0 aliphatic rings. The lowest BCUT2D eigenvalue weighted by atomic mass is 10.0. The van der Waals surface area contributed by atoms with E-state index in [4.69, 9.17) is 0 Å². The molecule has 3 aromatic carbocycles. The van der Waals surface area contributed by atoms with Crippen molar-refractivity contribution in [2.75, 3.05) is 0 Å². The van der Waals surface area contributed by atoms with Gasteiger partial charge >= 0.3 is 0 Å². The first kappa shape index (κ1) is 16.6. The summed E-state index contributed by atoms with van der Waals surface area (Å²) in [5.74, 6) is 0.173. The van der Waals surface area contributed by atoms with Crippen molar-refractivity contribution in [1.82, 2.24) is 0 Å². The molecule has 0 bridgehead atoms. The van der Waals surface area contributed by atoms with Crippen LogP contribution in [0.25, 0.3) is 0 Å². The maximum absolute atomic E-state index is 12.7. The summed E-state index contributed by atoms with van der Waals surface area (Å²) in [7, 11) is 0. The second-order valence-electron chi connectivity index (χ2n) is 5.84. The summed E-state index contributed by atoms with van der Waals surface area (Å²) >= 11 is 0. The number of phenols is 1. The summed E-state index contributed by atoms with van der Waals surface area (Å²) in [6.07, 6.45) is 0. The second-order valence-corrected chi connectivity index (χ2v) is 5.84. The summed E-state index contributed by atoms with van der Waals surface area (Å²) in [6.45, 7) is 3.63. The van der Waals surface area contributed by atoms with Crippen molar-refractivity contribution in [2.45, 2.75) is 13.8 Å². The van der Waals surface area contributed by atoms with Gasteiger partial charge in [-0.2, -0.15) is 5.11 Å². The van der Waals surface area contributed by atoms with Crippen molar-refractivity contribution < 1.29 is 9.90 Å². The van der Waals surface area contributed by atoms with Crippen molar-refractivity contribution in [1.29, 1.82) is 0 Å². The normalized spacial score (nSPS) is 11.0. The van der Waals surface area contributed by atoms with Crippen LogP contribution in [0, 0.1) is 13.8 Å². The Bertz CT molecular complexity index is 924. The van der Waals surface area contributed by atoms with E-state index in [0.29, 0.717) is 22.5 Å². The predicted molar refractivity (Wildman–Crippen MR) is 98.1 cm³/mol. The quantitative estimate of drug-likeness (QED) is 0.496. The molecule has 0 atom stereocenters. The van der Waals surface area contributed by atoms with Crippen LogP contribution in [0.2, 0.25) is 0 Å². The first-order valence-electron chi connectivity index (χ1n) is 7.97. The molecule has 0 aliphatic carbocycles. The number of phenolic OH excluding ortho intramolecular Hbond substituents is 1. The number of ketones is 1. The molecule has 0 heterocycles. The third-order valence-corrected chi connectivity index (χ3v) is 3.93. The number of hydrogen-bond acceptors (Lipinski definition) is 4. The van der Waals surface area contributed by atoms with Crippen LogP contribution in [0.5, 0.6) is 5.75 Å². The molecule has 0 unspecified atom stereocenters. The zero-order valence-corrected chi connectivity index (χ0v) is 14.1. The highest BCUT2D eigenvalue weighted by Gasteiger charge is 2.13. The monoisotopic (exact) mass is 330 g/mol. The summed E-state index contributed by atoms with van der Waals surface area (Å²) in [6, 6.07) is 19.8. The third kappa shape index (κ3) is 3.63. The van der Waals surface area contributed by atoms with Gasteiger partial charge in [-0.25, -0.2) is 0 Å². The largest absolute Gasteiger partial charge is 0.507 e. The number of benzene rings is 3. The minimum Gasteiger partial charge on any atom is -0.507 e. The van der Waals surface area contributed by atoms with Gasteiger partial charge in [-0.1, -0.05) is 42.5 Å². The van der Waals surface area contributed by atoms with E-state index in [-0.39, 0.29) is 11.5 Å². The summed E-state index contributed by atoms with van der Waals surface area (Å²) < 4.78 is 0. The van der Waals surface area contributed by atoms with E-state index < -0.39 is 0 Å². The van der Waals surface area contributed by atoms with Gasteiger partial charge < -0.3 is 5.11 Å². The fraction of sp³-hybridized carbons (Fsp3) is 0.0952. The Morgan fingerprint density at radius 3 is 2.12 bits per heavy atom. The molecule has 3 rings (SSSR count). The second kappa shape index (κ2) is 7.09. The van der Waals surface area contributed by atoms with Gasteiger partial charge in [0.15, 0.2) is 5.78 Å². The molecule has 25 heavy (non-hydrogen) atoms. The molecular formula is C21H18N2O2. The minimum atomic E-state index is -0.0896. The highest BCUT2D eigenvalue weighted by atomic mass is 16.3. The molecule has 0 spiro atoms. The number of aryl methyl sites for hydroxylation is 2. The fourth-order valence-electron chi connectivity index (χ4n) is 2.60. The molecule has 0 aliphatic heterocycles. The number of hydrogen-bond donors (Lipinski definition) is 1. The van der Waals surface area contributed by atoms with Crippen molar-refractivity contribution in [3.63, 3.8) is 0 Å². The lowest BCUT2D eigenvalue weighted by molar-refractivity contribution is 0.103. The Hall–Kier alpha value is -3.27. The van der Waals surface area contributed by atoms with Gasteiger partial charge in [-0.15, -0.1) is 5.11 Å². The van der Waals surface area contributed by atoms with E-state index >= 15 is 0 Å². The van der Waals surface area contributed by atoms with E-state index in [0.717, 1.165) is 11.1 Å². The van der Waals surface area contributed by atoms with Crippen molar-refractivity contribution in [2.24, 2.45) is 10.2 Å². The number of carbonyl (C=O) groups excluding carboxylic acids is 1. The predicted octanol–water partition coefficient (Wildman–Crippen LogP) is 5.66. The summed E-state index contributed by atoms with van der Waals surface area (Å²) in [5, 5.41) is 18.3. The highest BCUT2D eigenvalue weighted by molar-refractivity contribution is 6.11. The lowest BCUT2D eigenvalue weighted by Gasteiger charge is -2.05. The Kier molecular flexibility index (Phi) is 4.70. The lowest BCUT2D eigenvalue weighted by Crippen LogP contribution is -2.00. The van der Waals surface area contributed by atoms with Crippen LogP contribution >= 0.6 is 0 Å². The van der Waals surface area contributed by atoms with Gasteiger partial charge in [-0.3, -0.25) is 4.79 Å². The van der Waals surface area contributed by atoms with Gasteiger partial charge in [0.25, 0.3) is 0 Å². The average Bonchev–Trinajstić information content (AvgIpc) is 2.64. The number of carbonyl (C=O) groups is 1. The maximum Gasteiger partial charge on any atom is 0.195 e. The first-order chi connectivity index (χ1) is 12.1. The number of nitrogens with zero attached hydrogens (tertiary/aromatic N) is 2. The zero-order chi connectivity index (χ0) is 17.8. The number of rotatable bonds is 4. The average molecular weight is 330 g/mol. The summed E-state index contributed by atoms with van der Waals surface area (Å²) in [5.41, 5.74) is 3.74. The van der Waals surface area contributed by atoms with E-state index in [1.165, 1.54) is 0 Å². The minimum absolute atomic E-state index is 0.0896. The topological polar surface area (TPSA) is 62.0 Å². The molecule has 3 aromatic rings. The summed E-state index contributed by atoms with van der Waals surface area (Å²) in [4.78, 5) is 12.7. The van der Waals surface area contributed by atoms with Gasteiger partial charge in [0.1, 0.15) is 5.75 Å². The Morgan fingerprint density at radius 2 is 1.44 bits per heavy atom. The standard InChI is InChI=1S/C21H18N2O2/c1-14-12-17(13-15(2)20(14)24)22-23-19-11-7-6-10-18(19)21(25)16-8-4-3-5-9-16/h3-13,24H,1-2H3/b23-22+. The van der Waals surface area contributed by atoms with Gasteiger partial charge in [-0.05, 0) is 49.2 Å². The Balaban J connectivity index is 1.95. The molecule has 0 amide bonds.